The summed E-state index contributed by atoms with van der Waals surface area (Å²) >= 11 is 7.40. The molecule has 1 aromatic carbocycles. The van der Waals surface area contributed by atoms with Crippen molar-refractivity contribution in [3.63, 3.8) is 0 Å². The maximum Gasteiger partial charge on any atom is 0.339 e. The Morgan fingerprint density at radius 3 is 2.76 bits per heavy atom. The molecule has 0 aliphatic rings. The first-order valence-corrected chi connectivity index (χ1v) is 7.64. The third kappa shape index (κ3) is 4.31. The first kappa shape index (κ1) is 15.5. The van der Waals surface area contributed by atoms with Crippen molar-refractivity contribution < 1.29 is 14.3 Å². The summed E-state index contributed by atoms with van der Waals surface area (Å²) in [6.45, 7) is 1.82. The minimum Gasteiger partial charge on any atom is -0.449 e. The van der Waals surface area contributed by atoms with Crippen LogP contribution in [0, 0.1) is 0 Å². The molecular weight excluding hydrogens is 310 g/mol. The highest BCUT2D eigenvalue weighted by Gasteiger charge is 2.19. The molecule has 1 heterocycles. The van der Waals surface area contributed by atoms with E-state index in [1.165, 1.54) is 18.3 Å². The minimum atomic E-state index is -0.861. The quantitative estimate of drug-likeness (QED) is 0.859. The van der Waals surface area contributed by atoms with Gasteiger partial charge in [-0.1, -0.05) is 29.8 Å². The molecule has 0 radical (unpaired) electrons. The lowest BCUT2D eigenvalue weighted by molar-refractivity contribution is -0.129. The molecular formula is C15H14ClNO3S. The Labute approximate surface area is 131 Å². The largest absolute Gasteiger partial charge is 0.449 e. The molecule has 1 atom stereocenters. The average molecular weight is 324 g/mol. The normalized spacial score (nSPS) is 11.7. The molecule has 0 aliphatic heterocycles. The van der Waals surface area contributed by atoms with Crippen molar-refractivity contribution >= 4 is 34.8 Å². The molecule has 0 spiro atoms. The van der Waals surface area contributed by atoms with Crippen molar-refractivity contribution in [3.8, 4) is 0 Å². The maximum absolute atomic E-state index is 11.9. The third-order valence-corrected chi connectivity index (χ3v) is 3.87. The van der Waals surface area contributed by atoms with Crippen molar-refractivity contribution in [3.05, 3.63) is 57.2 Å². The van der Waals surface area contributed by atoms with Crippen LogP contribution >= 0.6 is 22.9 Å². The lowest BCUT2D eigenvalue weighted by Crippen LogP contribution is -2.35. The molecule has 2 rings (SSSR count). The zero-order valence-corrected chi connectivity index (χ0v) is 12.9. The van der Waals surface area contributed by atoms with Gasteiger partial charge in [-0.2, -0.15) is 11.3 Å². The van der Waals surface area contributed by atoms with Gasteiger partial charge in [0, 0.05) is 16.9 Å². The Kier molecular flexibility index (Phi) is 5.36. The summed E-state index contributed by atoms with van der Waals surface area (Å²) in [5.74, 6) is -0.866. The number of thiophene rings is 1. The van der Waals surface area contributed by atoms with Crippen molar-refractivity contribution in [2.75, 3.05) is 0 Å². The van der Waals surface area contributed by atoms with Gasteiger partial charge in [-0.3, -0.25) is 4.79 Å². The molecule has 0 bridgehead atoms. The van der Waals surface area contributed by atoms with Crippen LogP contribution in [0.1, 0.15) is 22.8 Å². The second-order valence-electron chi connectivity index (χ2n) is 4.37. The summed E-state index contributed by atoms with van der Waals surface area (Å²) < 4.78 is 5.10. The topological polar surface area (TPSA) is 55.4 Å². The highest BCUT2D eigenvalue weighted by atomic mass is 35.5. The van der Waals surface area contributed by atoms with Crippen molar-refractivity contribution in [2.45, 2.75) is 19.6 Å². The van der Waals surface area contributed by atoms with E-state index >= 15 is 0 Å². The van der Waals surface area contributed by atoms with E-state index in [9.17, 15) is 9.59 Å². The number of hydrogen-bond acceptors (Lipinski definition) is 4. The van der Waals surface area contributed by atoms with Crippen LogP contribution in [0.3, 0.4) is 0 Å². The minimum absolute atomic E-state index is 0.291. The van der Waals surface area contributed by atoms with E-state index < -0.39 is 12.1 Å². The van der Waals surface area contributed by atoms with Gasteiger partial charge in [-0.25, -0.2) is 4.79 Å². The number of hydrogen-bond donors (Lipinski definition) is 1. The smallest absolute Gasteiger partial charge is 0.339 e. The number of carbonyl (C=O) groups is 2. The Hall–Kier alpha value is -1.85. The zero-order valence-electron chi connectivity index (χ0n) is 11.3. The van der Waals surface area contributed by atoms with Crippen LogP contribution in [0.4, 0.5) is 0 Å². The highest BCUT2D eigenvalue weighted by molar-refractivity contribution is 7.08. The van der Waals surface area contributed by atoms with Crippen molar-refractivity contribution in [2.24, 2.45) is 0 Å². The lowest BCUT2D eigenvalue weighted by atomic mass is 10.2. The molecule has 0 unspecified atom stereocenters. The summed E-state index contributed by atoms with van der Waals surface area (Å²) in [6, 6.07) is 8.89. The van der Waals surface area contributed by atoms with Gasteiger partial charge < -0.3 is 10.1 Å². The molecule has 1 amide bonds. The summed E-state index contributed by atoms with van der Waals surface area (Å²) in [6.07, 6.45) is -0.861. The number of carbonyl (C=O) groups excluding carboxylic acids is 2. The molecule has 0 saturated heterocycles. The van der Waals surface area contributed by atoms with Gasteiger partial charge in [-0.15, -0.1) is 0 Å². The number of amides is 1. The van der Waals surface area contributed by atoms with Gasteiger partial charge in [-0.05, 0) is 30.0 Å². The van der Waals surface area contributed by atoms with E-state index in [1.807, 2.05) is 18.2 Å². The Bertz CT molecular complexity index is 628. The third-order valence-electron chi connectivity index (χ3n) is 2.82. The van der Waals surface area contributed by atoms with Crippen LogP contribution < -0.4 is 5.32 Å². The van der Waals surface area contributed by atoms with Gasteiger partial charge in [0.15, 0.2) is 6.10 Å². The first-order valence-electron chi connectivity index (χ1n) is 6.32. The molecule has 0 saturated carbocycles. The molecule has 6 heteroatoms. The molecule has 2 aromatic rings. The molecule has 110 valence electrons. The average Bonchev–Trinajstić information content (AvgIpc) is 3.00. The predicted octanol–water partition coefficient (Wildman–Crippen LogP) is 3.26. The summed E-state index contributed by atoms with van der Waals surface area (Å²) in [5, 5.41) is 6.73. The van der Waals surface area contributed by atoms with Crippen LogP contribution in [0.15, 0.2) is 41.1 Å². The van der Waals surface area contributed by atoms with Gasteiger partial charge in [0.2, 0.25) is 0 Å². The fourth-order valence-electron chi connectivity index (χ4n) is 1.63. The molecule has 0 aliphatic carbocycles. The second-order valence-corrected chi connectivity index (χ2v) is 5.56. The maximum atomic E-state index is 11.9. The van der Waals surface area contributed by atoms with Crippen LogP contribution in [0.2, 0.25) is 5.02 Å². The fourth-order valence-corrected chi connectivity index (χ4v) is 2.46. The predicted molar refractivity (Wildman–Crippen MR) is 82.5 cm³/mol. The molecule has 4 nitrogen and oxygen atoms in total. The molecule has 21 heavy (non-hydrogen) atoms. The van der Waals surface area contributed by atoms with Crippen LogP contribution in [0.25, 0.3) is 0 Å². The van der Waals surface area contributed by atoms with E-state index in [1.54, 1.807) is 22.9 Å². The van der Waals surface area contributed by atoms with E-state index in [0.29, 0.717) is 17.1 Å². The lowest BCUT2D eigenvalue weighted by Gasteiger charge is -2.13. The van der Waals surface area contributed by atoms with Gasteiger partial charge in [0.05, 0.1) is 5.56 Å². The Morgan fingerprint density at radius 2 is 2.10 bits per heavy atom. The number of nitrogens with one attached hydrogen (secondary N) is 1. The number of benzene rings is 1. The molecule has 0 fully saturated rings. The zero-order chi connectivity index (χ0) is 15.2. The Morgan fingerprint density at radius 1 is 1.33 bits per heavy atom. The summed E-state index contributed by atoms with van der Waals surface area (Å²) in [5.41, 5.74) is 1.26. The number of halogens is 1. The van der Waals surface area contributed by atoms with E-state index in [4.69, 9.17) is 16.3 Å². The number of rotatable bonds is 5. The van der Waals surface area contributed by atoms with Gasteiger partial charge in [0.1, 0.15) is 0 Å². The number of ether oxygens (including phenoxy) is 1. The summed E-state index contributed by atoms with van der Waals surface area (Å²) in [4.78, 5) is 23.6. The number of esters is 1. The standard InChI is InChI=1S/C15H14ClNO3S/c1-10(20-15(19)12-6-7-21-9-12)14(18)17-8-11-4-2-3-5-13(11)16/h2-7,9-10H,8H2,1H3,(H,17,18)/t10-/m0/s1. The first-order chi connectivity index (χ1) is 10.1. The van der Waals surface area contributed by atoms with E-state index in [0.717, 1.165) is 5.56 Å². The SMILES string of the molecule is C[C@H](OC(=O)c1ccsc1)C(=O)NCc1ccccc1Cl. The van der Waals surface area contributed by atoms with E-state index in [2.05, 4.69) is 5.32 Å². The monoisotopic (exact) mass is 323 g/mol. The van der Waals surface area contributed by atoms with Gasteiger partial charge >= 0.3 is 5.97 Å². The molecule has 1 aromatic heterocycles. The Balaban J connectivity index is 1.86. The molecule has 1 N–H and O–H groups in total. The fraction of sp³-hybridized carbons (Fsp3) is 0.200. The highest BCUT2D eigenvalue weighted by Crippen LogP contribution is 2.14. The second kappa shape index (κ2) is 7.24. The van der Waals surface area contributed by atoms with E-state index in [-0.39, 0.29) is 5.91 Å². The van der Waals surface area contributed by atoms with Crippen LogP contribution in [-0.4, -0.2) is 18.0 Å². The summed E-state index contributed by atoms with van der Waals surface area (Å²) in [7, 11) is 0. The van der Waals surface area contributed by atoms with Crippen LogP contribution in [0.5, 0.6) is 0 Å². The van der Waals surface area contributed by atoms with Crippen molar-refractivity contribution in [1.29, 1.82) is 0 Å². The van der Waals surface area contributed by atoms with Crippen LogP contribution in [-0.2, 0) is 16.1 Å². The van der Waals surface area contributed by atoms with Crippen molar-refractivity contribution in [1.82, 2.24) is 5.32 Å². The van der Waals surface area contributed by atoms with Gasteiger partial charge in [0.25, 0.3) is 5.91 Å².